The molecule has 2 aromatic heterocycles. The van der Waals surface area contributed by atoms with Crippen LogP contribution in [-0.4, -0.2) is 39.2 Å². The standard InChI is InChI=1S/C33H30F5N9O/c1-31(2,33(36,37)38)17-42-27-19(14-40)15-41-26-18(13-39)11-20(12-24(26)27)43-28(25-16-47(45-44-25)32(8-9-32)30(34)35)22-5-4-6-23-21(22)7-10-46(3)29(23)48/h4-7,10-12,15-16,28,30,43-45H,8-9,17H2,1-3H3,(H,41,42)/t28-/m0/s1. The number of pyridine rings is 2. The van der Waals surface area contributed by atoms with Gasteiger partial charge in [-0.25, -0.2) is 8.78 Å². The number of fused-ring (bicyclic) bond motifs is 2. The molecule has 48 heavy (non-hydrogen) atoms. The molecule has 0 bridgehead atoms. The first-order valence-corrected chi connectivity index (χ1v) is 14.9. The first-order chi connectivity index (χ1) is 22.7. The highest BCUT2D eigenvalue weighted by Crippen LogP contribution is 2.47. The Morgan fingerprint density at radius 3 is 2.44 bits per heavy atom. The van der Waals surface area contributed by atoms with Gasteiger partial charge in [0.25, 0.3) is 12.0 Å². The maximum Gasteiger partial charge on any atom is 0.395 e. The molecule has 6 rings (SSSR count). The molecule has 1 aliphatic carbocycles. The molecule has 4 N–H and O–H groups in total. The van der Waals surface area contributed by atoms with Gasteiger partial charge < -0.3 is 20.6 Å². The second-order valence-electron chi connectivity index (χ2n) is 12.6. The molecule has 1 atom stereocenters. The van der Waals surface area contributed by atoms with E-state index in [1.54, 1.807) is 43.6 Å². The van der Waals surface area contributed by atoms with Crippen LogP contribution in [0.3, 0.4) is 0 Å². The summed E-state index contributed by atoms with van der Waals surface area (Å²) in [5.41, 5.74) is 3.64. The molecule has 0 saturated heterocycles. The summed E-state index contributed by atoms with van der Waals surface area (Å²) in [6.45, 7) is 1.50. The van der Waals surface area contributed by atoms with Gasteiger partial charge in [0.1, 0.15) is 17.7 Å². The molecule has 4 aromatic rings. The number of halogens is 5. The number of benzene rings is 2. The number of hydrogen-bond donors (Lipinski definition) is 4. The summed E-state index contributed by atoms with van der Waals surface area (Å²) in [5.74, 6) is 0. The topological polar surface area (TPSA) is 134 Å². The molecule has 0 unspecified atom stereocenters. The van der Waals surface area contributed by atoms with Gasteiger partial charge in [0.15, 0.2) is 0 Å². The average Bonchev–Trinajstić information content (AvgIpc) is 3.73. The number of nitriles is 2. The monoisotopic (exact) mass is 663 g/mol. The predicted molar refractivity (Wildman–Crippen MR) is 169 cm³/mol. The van der Waals surface area contributed by atoms with Crippen LogP contribution in [0, 0.1) is 28.1 Å². The first kappa shape index (κ1) is 32.5. The summed E-state index contributed by atoms with van der Waals surface area (Å²) in [7, 11) is 1.62. The second kappa shape index (κ2) is 11.7. The van der Waals surface area contributed by atoms with Gasteiger partial charge in [-0.05, 0) is 61.9 Å². The van der Waals surface area contributed by atoms with Gasteiger partial charge in [-0.15, -0.1) is 5.53 Å². The minimum Gasteiger partial charge on any atom is -0.382 e. The third-order valence-corrected chi connectivity index (χ3v) is 9.01. The Morgan fingerprint density at radius 1 is 1.06 bits per heavy atom. The lowest BCUT2D eigenvalue weighted by molar-refractivity contribution is -0.206. The van der Waals surface area contributed by atoms with Crippen LogP contribution < -0.4 is 27.2 Å². The van der Waals surface area contributed by atoms with Crippen molar-refractivity contribution in [3.05, 3.63) is 87.7 Å². The van der Waals surface area contributed by atoms with Gasteiger partial charge in [-0.2, -0.15) is 23.7 Å². The van der Waals surface area contributed by atoms with Crippen LogP contribution in [0.15, 0.2) is 65.5 Å². The van der Waals surface area contributed by atoms with Gasteiger partial charge >= 0.3 is 6.18 Å². The number of rotatable bonds is 9. The Balaban J connectivity index is 1.50. The molecule has 3 heterocycles. The Kier molecular flexibility index (Phi) is 7.92. The number of aromatic nitrogens is 2. The van der Waals surface area contributed by atoms with Crippen LogP contribution in [-0.2, 0) is 7.05 Å². The van der Waals surface area contributed by atoms with Crippen molar-refractivity contribution < 1.29 is 22.0 Å². The SMILES string of the molecule is Cn1ccc2c([C@H](Nc3cc(C#N)c4ncc(C#N)c(NCC(C)(C)C(F)(F)F)c4c3)C3=CN(C4(C(F)F)CC4)NN3)cccc2c1=O. The van der Waals surface area contributed by atoms with Crippen LogP contribution in [0.1, 0.15) is 49.4 Å². The third-order valence-electron chi connectivity index (χ3n) is 9.01. The average molecular weight is 664 g/mol. The Morgan fingerprint density at radius 2 is 1.79 bits per heavy atom. The highest BCUT2D eigenvalue weighted by Gasteiger charge is 2.56. The van der Waals surface area contributed by atoms with E-state index in [0.717, 1.165) is 13.8 Å². The largest absolute Gasteiger partial charge is 0.395 e. The molecular formula is C33H30F5N9O. The molecule has 15 heteroatoms. The zero-order valence-electron chi connectivity index (χ0n) is 26.0. The van der Waals surface area contributed by atoms with Gasteiger partial charge in [-0.3, -0.25) is 14.8 Å². The summed E-state index contributed by atoms with van der Waals surface area (Å²) < 4.78 is 70.7. The molecule has 0 radical (unpaired) electrons. The lowest BCUT2D eigenvalue weighted by Crippen LogP contribution is -2.48. The maximum absolute atomic E-state index is 14.0. The molecule has 0 spiro atoms. The van der Waals surface area contributed by atoms with Crippen molar-refractivity contribution in [1.29, 1.82) is 10.5 Å². The highest BCUT2D eigenvalue weighted by atomic mass is 19.4. The molecule has 2 aliphatic rings. The lowest BCUT2D eigenvalue weighted by atomic mass is 9.92. The summed E-state index contributed by atoms with van der Waals surface area (Å²) in [6, 6.07) is 13.2. The van der Waals surface area contributed by atoms with Crippen LogP contribution in [0.25, 0.3) is 21.7 Å². The fourth-order valence-electron chi connectivity index (χ4n) is 5.70. The van der Waals surface area contributed by atoms with E-state index in [0.29, 0.717) is 27.7 Å². The molecule has 248 valence electrons. The number of alkyl halides is 5. The van der Waals surface area contributed by atoms with Gasteiger partial charge in [-0.1, -0.05) is 12.1 Å². The fraction of sp³-hybridized carbons (Fsp3) is 0.333. The van der Waals surface area contributed by atoms with Crippen LogP contribution in [0.2, 0.25) is 0 Å². The van der Waals surface area contributed by atoms with E-state index in [-0.39, 0.29) is 46.1 Å². The molecule has 10 nitrogen and oxygen atoms in total. The molecule has 1 aliphatic heterocycles. The van der Waals surface area contributed by atoms with Crippen molar-refractivity contribution in [1.82, 2.24) is 25.5 Å². The molecule has 1 fully saturated rings. The van der Waals surface area contributed by atoms with Crippen molar-refractivity contribution in [2.45, 2.75) is 50.9 Å². The number of anilines is 2. The summed E-state index contributed by atoms with van der Waals surface area (Å²) in [5, 5.41) is 28.6. The lowest BCUT2D eigenvalue weighted by Gasteiger charge is -2.29. The Hall–Kier alpha value is -5.41. The van der Waals surface area contributed by atoms with Gasteiger partial charge in [0.2, 0.25) is 0 Å². The van der Waals surface area contributed by atoms with Crippen molar-refractivity contribution in [3.8, 4) is 12.1 Å². The zero-order chi connectivity index (χ0) is 34.6. The maximum atomic E-state index is 14.0. The predicted octanol–water partition coefficient (Wildman–Crippen LogP) is 5.95. The molecule has 0 amide bonds. The van der Waals surface area contributed by atoms with Crippen molar-refractivity contribution in [2.75, 3.05) is 17.2 Å². The number of nitrogens with one attached hydrogen (secondary N) is 4. The van der Waals surface area contributed by atoms with Crippen LogP contribution in [0.5, 0.6) is 0 Å². The number of hydrazine groups is 2. The second-order valence-corrected chi connectivity index (χ2v) is 12.6. The smallest absolute Gasteiger partial charge is 0.382 e. The minimum atomic E-state index is -4.54. The van der Waals surface area contributed by atoms with Crippen LogP contribution >= 0.6 is 0 Å². The minimum absolute atomic E-state index is 0.0234. The summed E-state index contributed by atoms with van der Waals surface area (Å²) in [4.78, 5) is 17.3. The number of aryl methyl sites for hydroxylation is 1. The number of nitrogens with zero attached hydrogens (tertiary/aromatic N) is 5. The Labute approximate surface area is 271 Å². The van der Waals surface area contributed by atoms with Gasteiger partial charge in [0.05, 0.1) is 39.5 Å². The van der Waals surface area contributed by atoms with Crippen LogP contribution in [0.4, 0.5) is 33.3 Å². The Bertz CT molecular complexity index is 2110. The molecular weight excluding hydrogens is 633 g/mol. The molecule has 1 saturated carbocycles. The van der Waals surface area contributed by atoms with Crippen molar-refractivity contribution in [2.24, 2.45) is 12.5 Å². The van der Waals surface area contributed by atoms with E-state index < -0.39 is 36.1 Å². The van der Waals surface area contributed by atoms with E-state index in [1.165, 1.54) is 28.0 Å². The van der Waals surface area contributed by atoms with E-state index in [9.17, 15) is 37.3 Å². The summed E-state index contributed by atoms with van der Waals surface area (Å²) in [6.07, 6.45) is -2.27. The fourth-order valence-corrected chi connectivity index (χ4v) is 5.70. The number of hydrogen-bond acceptors (Lipinski definition) is 9. The van der Waals surface area contributed by atoms with Crippen molar-refractivity contribution >= 4 is 33.1 Å². The normalized spacial score (nSPS) is 16.3. The highest BCUT2D eigenvalue weighted by molar-refractivity contribution is 5.99. The van der Waals surface area contributed by atoms with E-state index in [4.69, 9.17) is 0 Å². The quantitative estimate of drug-likeness (QED) is 0.160. The third kappa shape index (κ3) is 5.50. The van der Waals surface area contributed by atoms with Gasteiger partial charge in [0, 0.05) is 48.6 Å². The van der Waals surface area contributed by atoms with E-state index in [1.807, 2.05) is 6.07 Å². The first-order valence-electron chi connectivity index (χ1n) is 14.9. The summed E-state index contributed by atoms with van der Waals surface area (Å²) >= 11 is 0. The van der Waals surface area contributed by atoms with E-state index >= 15 is 0 Å². The molecule has 2 aromatic carbocycles. The zero-order valence-corrected chi connectivity index (χ0v) is 26.0. The van der Waals surface area contributed by atoms with Crippen molar-refractivity contribution in [3.63, 3.8) is 0 Å². The van der Waals surface area contributed by atoms with E-state index in [2.05, 4.69) is 32.6 Å².